The summed E-state index contributed by atoms with van der Waals surface area (Å²) in [5.41, 5.74) is 2.61. The van der Waals surface area contributed by atoms with Gasteiger partial charge in [0.05, 0.1) is 6.04 Å². The molecule has 2 unspecified atom stereocenters. The fraction of sp³-hybridized carbons (Fsp3) is 0.682. The number of guanidine groups is 1. The molecular formula is C22H39IN4O. The number of nitrogens with zero attached hydrogens (tertiary/aromatic N) is 2. The highest BCUT2D eigenvalue weighted by Gasteiger charge is 2.15. The minimum atomic E-state index is 0. The molecule has 1 aliphatic heterocycles. The van der Waals surface area contributed by atoms with Crippen molar-refractivity contribution in [2.75, 3.05) is 37.7 Å². The molecule has 3 N–H and O–H groups in total. The van der Waals surface area contributed by atoms with Crippen molar-refractivity contribution in [1.29, 1.82) is 0 Å². The van der Waals surface area contributed by atoms with Crippen molar-refractivity contribution < 1.29 is 5.11 Å². The van der Waals surface area contributed by atoms with Gasteiger partial charge in [-0.2, -0.15) is 0 Å². The van der Waals surface area contributed by atoms with Gasteiger partial charge < -0.3 is 20.6 Å². The Balaban J connectivity index is 0.00000392. The topological polar surface area (TPSA) is 59.9 Å². The van der Waals surface area contributed by atoms with Crippen molar-refractivity contribution in [1.82, 2.24) is 10.6 Å². The lowest BCUT2D eigenvalue weighted by Gasteiger charge is -2.22. The van der Waals surface area contributed by atoms with Gasteiger partial charge in [-0.3, -0.25) is 4.99 Å². The van der Waals surface area contributed by atoms with E-state index in [1.54, 1.807) is 0 Å². The third-order valence-corrected chi connectivity index (χ3v) is 5.28. The van der Waals surface area contributed by atoms with Gasteiger partial charge in [0.2, 0.25) is 0 Å². The summed E-state index contributed by atoms with van der Waals surface area (Å²) in [6.07, 6.45) is 5.65. The number of hydrogen-bond donors (Lipinski definition) is 3. The molecule has 28 heavy (non-hydrogen) atoms. The van der Waals surface area contributed by atoms with Crippen molar-refractivity contribution in [3.63, 3.8) is 0 Å². The van der Waals surface area contributed by atoms with Gasteiger partial charge in [0.25, 0.3) is 0 Å². The normalized spacial score (nSPS) is 16.4. The molecule has 0 amide bonds. The van der Waals surface area contributed by atoms with E-state index in [4.69, 9.17) is 4.99 Å². The Morgan fingerprint density at radius 3 is 2.61 bits per heavy atom. The molecule has 1 fully saturated rings. The van der Waals surface area contributed by atoms with Crippen molar-refractivity contribution in [2.45, 2.75) is 58.9 Å². The van der Waals surface area contributed by atoms with Gasteiger partial charge in [0.1, 0.15) is 0 Å². The molecule has 6 heteroatoms. The molecule has 5 nitrogen and oxygen atoms in total. The summed E-state index contributed by atoms with van der Waals surface area (Å²) in [5, 5.41) is 16.2. The summed E-state index contributed by atoms with van der Waals surface area (Å²) < 4.78 is 0. The number of nitrogens with one attached hydrogen (secondary N) is 2. The molecule has 0 bridgehead atoms. The van der Waals surface area contributed by atoms with Crippen molar-refractivity contribution in [3.8, 4) is 0 Å². The summed E-state index contributed by atoms with van der Waals surface area (Å²) >= 11 is 0. The quantitative estimate of drug-likeness (QED) is 0.254. The van der Waals surface area contributed by atoms with Crippen LogP contribution in [0.1, 0.15) is 64.5 Å². The minimum absolute atomic E-state index is 0. The highest BCUT2D eigenvalue weighted by atomic mass is 127. The van der Waals surface area contributed by atoms with Crippen molar-refractivity contribution in [2.24, 2.45) is 10.9 Å². The lowest BCUT2D eigenvalue weighted by molar-refractivity contribution is 0.253. The highest BCUT2D eigenvalue weighted by molar-refractivity contribution is 14.0. The van der Waals surface area contributed by atoms with E-state index >= 15 is 0 Å². The van der Waals surface area contributed by atoms with Crippen LogP contribution in [0.3, 0.4) is 0 Å². The van der Waals surface area contributed by atoms with Crippen LogP contribution in [0.4, 0.5) is 5.69 Å². The van der Waals surface area contributed by atoms with E-state index in [2.05, 4.69) is 60.6 Å². The van der Waals surface area contributed by atoms with Crippen LogP contribution < -0.4 is 15.5 Å². The molecule has 1 aliphatic rings. The first-order valence-corrected chi connectivity index (χ1v) is 10.7. The number of aliphatic hydroxyl groups is 1. The van der Waals surface area contributed by atoms with Gasteiger partial charge in [-0.15, -0.1) is 24.0 Å². The van der Waals surface area contributed by atoms with Gasteiger partial charge in [-0.1, -0.05) is 25.5 Å². The van der Waals surface area contributed by atoms with E-state index in [0.29, 0.717) is 5.92 Å². The molecule has 1 aromatic rings. The van der Waals surface area contributed by atoms with E-state index in [-0.39, 0.29) is 36.6 Å². The van der Waals surface area contributed by atoms with Gasteiger partial charge in [0.15, 0.2) is 5.96 Å². The fourth-order valence-electron chi connectivity index (χ4n) is 3.71. The maximum Gasteiger partial charge on any atom is 0.191 e. The molecule has 0 aromatic heterocycles. The monoisotopic (exact) mass is 502 g/mol. The van der Waals surface area contributed by atoms with Crippen molar-refractivity contribution in [3.05, 3.63) is 29.8 Å². The van der Waals surface area contributed by atoms with Crippen molar-refractivity contribution >= 4 is 35.6 Å². The first-order chi connectivity index (χ1) is 13.2. The average molecular weight is 502 g/mol. The summed E-state index contributed by atoms with van der Waals surface area (Å²) in [5.74, 6) is 1.31. The summed E-state index contributed by atoms with van der Waals surface area (Å²) in [7, 11) is 0. The number of hydrogen-bond acceptors (Lipinski definition) is 3. The summed E-state index contributed by atoms with van der Waals surface area (Å²) in [6.45, 7) is 10.6. The Bertz CT molecular complexity index is 569. The van der Waals surface area contributed by atoms with Crippen LogP contribution >= 0.6 is 24.0 Å². The molecule has 1 heterocycles. The van der Waals surface area contributed by atoms with E-state index in [1.807, 2.05) is 0 Å². The predicted octanol–water partition coefficient (Wildman–Crippen LogP) is 4.32. The average Bonchev–Trinajstić information content (AvgIpc) is 3.21. The third-order valence-electron chi connectivity index (χ3n) is 5.28. The Hall–Kier alpha value is -1.02. The molecule has 2 rings (SSSR count). The molecule has 1 aromatic carbocycles. The van der Waals surface area contributed by atoms with Crippen LogP contribution in [-0.4, -0.2) is 43.9 Å². The van der Waals surface area contributed by atoms with Gasteiger partial charge in [0, 0.05) is 38.5 Å². The third kappa shape index (κ3) is 8.15. The standard InChI is InChI=1S/C22H38N4O.HI/c1-4-9-19(12-15-27)17-24-22(23-5-2)25-18(3)20-10-8-11-21(16-20)26-13-6-7-14-26;/h8,10-11,16,18-19,27H,4-7,9,12-15,17H2,1-3H3,(H2,23,24,25);1H. The largest absolute Gasteiger partial charge is 0.396 e. The zero-order valence-electron chi connectivity index (χ0n) is 17.8. The lowest BCUT2D eigenvalue weighted by atomic mass is 10.0. The number of aliphatic imine (C=N–C) groups is 1. The zero-order valence-corrected chi connectivity index (χ0v) is 20.1. The fourth-order valence-corrected chi connectivity index (χ4v) is 3.71. The predicted molar refractivity (Wildman–Crippen MR) is 131 cm³/mol. The Morgan fingerprint density at radius 2 is 1.96 bits per heavy atom. The Kier molecular flexibility index (Phi) is 12.5. The second kappa shape index (κ2) is 14.0. The van der Waals surface area contributed by atoms with E-state index in [9.17, 15) is 5.11 Å². The second-order valence-corrected chi connectivity index (χ2v) is 7.54. The number of rotatable bonds is 10. The SMILES string of the molecule is CCCC(CCO)CN=C(NCC)NC(C)c1cccc(N2CCCC2)c1.I. The molecule has 160 valence electrons. The molecule has 0 saturated carbocycles. The smallest absolute Gasteiger partial charge is 0.191 e. The number of aliphatic hydroxyl groups excluding tert-OH is 1. The van der Waals surface area contributed by atoms with Crippen LogP contribution in [0.15, 0.2) is 29.3 Å². The molecule has 0 radical (unpaired) electrons. The van der Waals surface area contributed by atoms with Gasteiger partial charge in [-0.25, -0.2) is 0 Å². The van der Waals surface area contributed by atoms with Crippen LogP contribution in [0.2, 0.25) is 0 Å². The van der Waals surface area contributed by atoms with Crippen LogP contribution in [0.25, 0.3) is 0 Å². The summed E-state index contributed by atoms with van der Waals surface area (Å²) in [6, 6.07) is 9.05. The van der Waals surface area contributed by atoms with Crippen LogP contribution in [0, 0.1) is 5.92 Å². The number of halogens is 1. The van der Waals surface area contributed by atoms with Crippen LogP contribution in [-0.2, 0) is 0 Å². The van der Waals surface area contributed by atoms with Gasteiger partial charge >= 0.3 is 0 Å². The molecular weight excluding hydrogens is 463 g/mol. The summed E-state index contributed by atoms with van der Waals surface area (Å²) in [4.78, 5) is 7.26. The second-order valence-electron chi connectivity index (χ2n) is 7.54. The number of anilines is 1. The first kappa shape index (κ1) is 25.0. The highest BCUT2D eigenvalue weighted by Crippen LogP contribution is 2.24. The van der Waals surface area contributed by atoms with Crippen LogP contribution in [0.5, 0.6) is 0 Å². The molecule has 2 atom stereocenters. The zero-order chi connectivity index (χ0) is 19.5. The van der Waals surface area contributed by atoms with E-state index in [1.165, 1.54) is 37.2 Å². The minimum Gasteiger partial charge on any atom is -0.396 e. The molecule has 0 aliphatic carbocycles. The lowest BCUT2D eigenvalue weighted by Crippen LogP contribution is -2.39. The first-order valence-electron chi connectivity index (χ1n) is 10.7. The Labute approximate surface area is 188 Å². The Morgan fingerprint density at radius 1 is 1.21 bits per heavy atom. The number of benzene rings is 1. The maximum absolute atomic E-state index is 9.26. The maximum atomic E-state index is 9.26. The van der Waals surface area contributed by atoms with E-state index in [0.717, 1.165) is 38.3 Å². The molecule has 1 saturated heterocycles. The molecule has 0 spiro atoms. The van der Waals surface area contributed by atoms with E-state index < -0.39 is 0 Å². The van der Waals surface area contributed by atoms with Gasteiger partial charge in [-0.05, 0) is 63.1 Å².